The third-order valence-corrected chi connectivity index (χ3v) is 5.11. The Hall–Kier alpha value is -2.46. The Kier molecular flexibility index (Phi) is 4.49. The first-order valence-corrected chi connectivity index (χ1v) is 8.22. The number of hydrogen-bond donors (Lipinski definition) is 1. The third kappa shape index (κ3) is 2.85. The molecule has 1 N–H and O–H groups in total. The van der Waals surface area contributed by atoms with E-state index >= 15 is 0 Å². The predicted molar refractivity (Wildman–Crippen MR) is 87.1 cm³/mol. The zero-order chi connectivity index (χ0) is 17.2. The number of carbonyl (C=O) groups excluding carboxylic acids is 2. The van der Waals surface area contributed by atoms with Gasteiger partial charge in [0, 0.05) is 32.4 Å². The summed E-state index contributed by atoms with van der Waals surface area (Å²) in [5, 5.41) is 11.8. The second kappa shape index (κ2) is 6.57. The van der Waals surface area contributed by atoms with Gasteiger partial charge in [0.25, 0.3) is 5.91 Å². The number of aromatic nitrogens is 1. The lowest BCUT2D eigenvalue weighted by Crippen LogP contribution is -2.61. The third-order valence-electron chi connectivity index (χ3n) is 5.11. The molecule has 0 bridgehead atoms. The maximum Gasteiger partial charge on any atom is 0.255 e. The van der Waals surface area contributed by atoms with Gasteiger partial charge in [0.1, 0.15) is 17.3 Å². The molecule has 7 heteroatoms. The zero-order valence-corrected chi connectivity index (χ0v) is 13.8. The number of nitriles is 1. The van der Waals surface area contributed by atoms with E-state index in [-0.39, 0.29) is 11.8 Å². The molecular formula is C17H21N5O2. The van der Waals surface area contributed by atoms with Crippen LogP contribution in [0, 0.1) is 11.3 Å². The molecule has 0 atom stereocenters. The first kappa shape index (κ1) is 16.4. The summed E-state index contributed by atoms with van der Waals surface area (Å²) in [6.45, 7) is 2.67. The van der Waals surface area contributed by atoms with Gasteiger partial charge in [0.15, 0.2) is 0 Å². The Labute approximate surface area is 141 Å². The van der Waals surface area contributed by atoms with E-state index in [0.717, 1.165) is 13.0 Å². The van der Waals surface area contributed by atoms with Gasteiger partial charge in [-0.2, -0.15) is 5.26 Å². The molecule has 0 radical (unpaired) electrons. The fourth-order valence-electron chi connectivity index (χ4n) is 3.53. The number of nitrogens with one attached hydrogen (secondary N) is 1. The molecular weight excluding hydrogens is 306 g/mol. The van der Waals surface area contributed by atoms with Crippen molar-refractivity contribution in [2.75, 3.05) is 33.2 Å². The SMILES string of the molecule is CN1CCCNC(=O)C12CCN(C(=O)c1ccc(C#N)nc1)CC2. The number of likely N-dealkylation sites (N-methyl/N-ethyl adjacent to an activating group) is 1. The highest BCUT2D eigenvalue weighted by molar-refractivity contribution is 5.94. The largest absolute Gasteiger partial charge is 0.354 e. The molecule has 1 aromatic heterocycles. The lowest BCUT2D eigenvalue weighted by Gasteiger charge is -2.44. The monoisotopic (exact) mass is 327 g/mol. The summed E-state index contributed by atoms with van der Waals surface area (Å²) in [4.78, 5) is 33.0. The van der Waals surface area contributed by atoms with Gasteiger partial charge < -0.3 is 10.2 Å². The number of piperidine rings is 1. The molecule has 7 nitrogen and oxygen atoms in total. The summed E-state index contributed by atoms with van der Waals surface area (Å²) in [5.74, 6) is -0.0202. The molecule has 1 aromatic rings. The van der Waals surface area contributed by atoms with Gasteiger partial charge in [-0.1, -0.05) is 0 Å². The molecule has 0 aliphatic carbocycles. The standard InChI is InChI=1S/C17H21N5O2/c1-21-8-2-7-19-16(24)17(21)5-9-22(10-6-17)15(23)13-3-4-14(11-18)20-12-13/h3-4,12H,2,5-10H2,1H3,(H,19,24). The maximum atomic E-state index is 12.6. The number of nitrogens with zero attached hydrogens (tertiary/aromatic N) is 4. The zero-order valence-electron chi connectivity index (χ0n) is 13.8. The van der Waals surface area contributed by atoms with Crippen LogP contribution < -0.4 is 5.32 Å². The highest BCUT2D eigenvalue weighted by Gasteiger charge is 2.46. The van der Waals surface area contributed by atoms with E-state index < -0.39 is 5.54 Å². The number of pyridine rings is 1. The topological polar surface area (TPSA) is 89.3 Å². The van der Waals surface area contributed by atoms with Crippen molar-refractivity contribution in [2.45, 2.75) is 24.8 Å². The minimum Gasteiger partial charge on any atom is -0.354 e. The van der Waals surface area contributed by atoms with Crippen LogP contribution in [-0.2, 0) is 4.79 Å². The molecule has 2 aliphatic heterocycles. The molecule has 3 heterocycles. The first-order valence-electron chi connectivity index (χ1n) is 8.22. The maximum absolute atomic E-state index is 12.6. The summed E-state index contributed by atoms with van der Waals surface area (Å²) in [6.07, 6.45) is 3.65. The summed E-state index contributed by atoms with van der Waals surface area (Å²) < 4.78 is 0. The summed E-state index contributed by atoms with van der Waals surface area (Å²) in [5.41, 5.74) is 0.264. The van der Waals surface area contributed by atoms with Crippen molar-refractivity contribution in [3.8, 4) is 6.07 Å². The van der Waals surface area contributed by atoms with E-state index in [1.807, 2.05) is 13.1 Å². The highest BCUT2D eigenvalue weighted by Crippen LogP contribution is 2.30. The fraction of sp³-hybridized carbons (Fsp3) is 0.529. The van der Waals surface area contributed by atoms with Crippen LogP contribution in [0.2, 0.25) is 0 Å². The van der Waals surface area contributed by atoms with E-state index in [1.165, 1.54) is 6.20 Å². The minimum absolute atomic E-state index is 0.0784. The summed E-state index contributed by atoms with van der Waals surface area (Å²) in [7, 11) is 1.99. The van der Waals surface area contributed by atoms with Crippen molar-refractivity contribution in [3.63, 3.8) is 0 Å². The van der Waals surface area contributed by atoms with Gasteiger partial charge in [0.2, 0.25) is 5.91 Å². The number of carbonyl (C=O) groups is 2. The lowest BCUT2D eigenvalue weighted by molar-refractivity contribution is -0.134. The normalized spacial score (nSPS) is 21.0. The van der Waals surface area contributed by atoms with Gasteiger partial charge in [-0.15, -0.1) is 0 Å². The molecule has 24 heavy (non-hydrogen) atoms. The smallest absolute Gasteiger partial charge is 0.255 e. The van der Waals surface area contributed by atoms with Crippen molar-refractivity contribution in [1.82, 2.24) is 20.1 Å². The molecule has 2 fully saturated rings. The molecule has 1 spiro atoms. The van der Waals surface area contributed by atoms with Crippen LogP contribution >= 0.6 is 0 Å². The fourth-order valence-corrected chi connectivity index (χ4v) is 3.53. The Morgan fingerprint density at radius 1 is 1.33 bits per heavy atom. The molecule has 0 aromatic carbocycles. The molecule has 0 saturated carbocycles. The van der Waals surface area contributed by atoms with Gasteiger partial charge in [-0.05, 0) is 38.4 Å². The van der Waals surface area contributed by atoms with E-state index in [4.69, 9.17) is 5.26 Å². The van der Waals surface area contributed by atoms with E-state index in [9.17, 15) is 9.59 Å². The van der Waals surface area contributed by atoms with Crippen molar-refractivity contribution in [1.29, 1.82) is 5.26 Å². The van der Waals surface area contributed by atoms with Gasteiger partial charge in [0.05, 0.1) is 5.56 Å². The number of likely N-dealkylation sites (tertiary alicyclic amines) is 1. The van der Waals surface area contributed by atoms with E-state index in [2.05, 4.69) is 15.2 Å². The van der Waals surface area contributed by atoms with Crippen LogP contribution in [-0.4, -0.2) is 65.4 Å². The summed E-state index contributed by atoms with van der Waals surface area (Å²) >= 11 is 0. The van der Waals surface area contributed by atoms with Crippen LogP contribution in [0.4, 0.5) is 0 Å². The van der Waals surface area contributed by atoms with Crippen molar-refractivity contribution >= 4 is 11.8 Å². The van der Waals surface area contributed by atoms with Gasteiger partial charge >= 0.3 is 0 Å². The Morgan fingerprint density at radius 3 is 2.71 bits per heavy atom. The predicted octanol–water partition coefficient (Wildman–Crippen LogP) is 0.380. The Balaban J connectivity index is 1.70. The second-order valence-electron chi connectivity index (χ2n) is 6.40. The molecule has 126 valence electrons. The Bertz CT molecular complexity index is 671. The number of rotatable bonds is 1. The molecule has 2 aliphatic rings. The van der Waals surface area contributed by atoms with Crippen LogP contribution in [0.3, 0.4) is 0 Å². The van der Waals surface area contributed by atoms with Crippen molar-refractivity contribution in [3.05, 3.63) is 29.6 Å². The van der Waals surface area contributed by atoms with Crippen molar-refractivity contribution < 1.29 is 9.59 Å². The Morgan fingerprint density at radius 2 is 2.08 bits per heavy atom. The molecule has 2 saturated heterocycles. The van der Waals surface area contributed by atoms with Crippen LogP contribution in [0.1, 0.15) is 35.3 Å². The van der Waals surface area contributed by atoms with E-state index in [1.54, 1.807) is 17.0 Å². The van der Waals surface area contributed by atoms with Crippen LogP contribution in [0.5, 0.6) is 0 Å². The molecule has 2 amide bonds. The number of amides is 2. The number of hydrogen-bond acceptors (Lipinski definition) is 5. The molecule has 3 rings (SSSR count). The van der Waals surface area contributed by atoms with Crippen LogP contribution in [0.25, 0.3) is 0 Å². The van der Waals surface area contributed by atoms with Gasteiger partial charge in [-0.25, -0.2) is 4.98 Å². The van der Waals surface area contributed by atoms with E-state index in [0.29, 0.717) is 43.7 Å². The minimum atomic E-state index is -0.504. The van der Waals surface area contributed by atoms with Crippen LogP contribution in [0.15, 0.2) is 18.3 Å². The average molecular weight is 327 g/mol. The van der Waals surface area contributed by atoms with Crippen molar-refractivity contribution in [2.24, 2.45) is 0 Å². The lowest BCUT2D eigenvalue weighted by atomic mass is 9.85. The quantitative estimate of drug-likeness (QED) is 0.805. The highest BCUT2D eigenvalue weighted by atomic mass is 16.2. The summed E-state index contributed by atoms with van der Waals surface area (Å²) in [6, 6.07) is 5.12. The first-order chi connectivity index (χ1) is 11.6. The average Bonchev–Trinajstić information content (AvgIpc) is 2.76. The van der Waals surface area contributed by atoms with Gasteiger partial charge in [-0.3, -0.25) is 14.5 Å². The molecule has 0 unspecified atom stereocenters. The second-order valence-corrected chi connectivity index (χ2v) is 6.40.